The lowest BCUT2D eigenvalue weighted by molar-refractivity contribution is -0.137. The third-order valence-corrected chi connectivity index (χ3v) is 4.89. The first-order chi connectivity index (χ1) is 8.77. The Kier molecular flexibility index (Phi) is 3.37. The zero-order chi connectivity index (χ0) is 14.3. The van der Waals surface area contributed by atoms with Gasteiger partial charge in [0.2, 0.25) is 10.0 Å². The average molecular weight is 289 g/mol. The maximum Gasteiger partial charge on any atom is 0.325 e. The van der Waals surface area contributed by atoms with Gasteiger partial charge in [-0.2, -0.15) is 9.40 Å². The highest BCUT2D eigenvalue weighted by molar-refractivity contribution is 7.89. The lowest BCUT2D eigenvalue weighted by atomic mass is 9.94. The van der Waals surface area contributed by atoms with Crippen molar-refractivity contribution in [2.24, 2.45) is 0 Å². The summed E-state index contributed by atoms with van der Waals surface area (Å²) in [6, 6.07) is 0. The van der Waals surface area contributed by atoms with E-state index >= 15 is 0 Å². The quantitative estimate of drug-likeness (QED) is 0.727. The Labute approximate surface area is 110 Å². The number of rotatable bonds is 5. The van der Waals surface area contributed by atoms with E-state index in [1.54, 1.807) is 6.92 Å². The van der Waals surface area contributed by atoms with E-state index in [1.807, 2.05) is 0 Å². The predicted octanol–water partition coefficient (Wildman–Crippen LogP) is -0.887. The van der Waals surface area contributed by atoms with Crippen LogP contribution < -0.4 is 0 Å². The lowest BCUT2D eigenvalue weighted by Crippen LogP contribution is -2.62. The minimum Gasteiger partial charge on any atom is -0.480 e. The van der Waals surface area contributed by atoms with Gasteiger partial charge < -0.3 is 10.2 Å². The minimum absolute atomic E-state index is 0.0515. The summed E-state index contributed by atoms with van der Waals surface area (Å²) in [7, 11) is -3.70. The molecule has 0 aromatic carbocycles. The summed E-state index contributed by atoms with van der Waals surface area (Å²) >= 11 is 0. The van der Waals surface area contributed by atoms with Crippen LogP contribution in [0.15, 0.2) is 17.3 Å². The van der Waals surface area contributed by atoms with E-state index in [0.717, 1.165) is 15.2 Å². The van der Waals surface area contributed by atoms with Crippen molar-refractivity contribution < 1.29 is 23.4 Å². The number of carboxylic acids is 1. The summed E-state index contributed by atoms with van der Waals surface area (Å²) in [6.45, 7) is 1.50. The van der Waals surface area contributed by atoms with Gasteiger partial charge in [-0.1, -0.05) is 6.92 Å². The van der Waals surface area contributed by atoms with Crippen LogP contribution in [0.5, 0.6) is 0 Å². The molecule has 8 nitrogen and oxygen atoms in total. The molecule has 19 heavy (non-hydrogen) atoms. The summed E-state index contributed by atoms with van der Waals surface area (Å²) in [5, 5.41) is 22.1. The molecule has 2 heterocycles. The zero-order valence-corrected chi connectivity index (χ0v) is 11.2. The highest BCUT2D eigenvalue weighted by Crippen LogP contribution is 2.29. The van der Waals surface area contributed by atoms with Crippen LogP contribution in [-0.4, -0.2) is 57.4 Å². The molecular formula is C10H15N3O5S. The molecule has 106 valence electrons. The normalized spacial score (nSPS) is 19.1. The number of aliphatic hydroxyl groups is 1. The Balaban J connectivity index is 2.13. The van der Waals surface area contributed by atoms with Crippen LogP contribution in [0.2, 0.25) is 0 Å². The first kappa shape index (κ1) is 14.0. The maximum absolute atomic E-state index is 12.1. The van der Waals surface area contributed by atoms with E-state index in [2.05, 4.69) is 5.10 Å². The van der Waals surface area contributed by atoms with Crippen LogP contribution in [0.1, 0.15) is 13.3 Å². The van der Waals surface area contributed by atoms with Crippen molar-refractivity contribution >= 4 is 16.0 Å². The van der Waals surface area contributed by atoms with Crippen LogP contribution >= 0.6 is 0 Å². The van der Waals surface area contributed by atoms with E-state index in [-0.39, 0.29) is 18.0 Å². The summed E-state index contributed by atoms with van der Waals surface area (Å²) in [6.07, 6.45) is 2.77. The van der Waals surface area contributed by atoms with Gasteiger partial charge in [0.05, 0.1) is 11.8 Å². The SMILES string of the molecule is CCC1(O)CN(S(=O)(=O)c2cnn(CC(=O)O)c2)C1. The molecule has 1 aromatic rings. The van der Waals surface area contributed by atoms with Gasteiger partial charge in [-0.05, 0) is 6.42 Å². The molecule has 1 saturated heterocycles. The van der Waals surface area contributed by atoms with Crippen molar-refractivity contribution in [2.45, 2.75) is 30.4 Å². The molecule has 0 spiro atoms. The topological polar surface area (TPSA) is 113 Å². The third kappa shape index (κ3) is 2.62. The third-order valence-electron chi connectivity index (χ3n) is 3.14. The highest BCUT2D eigenvalue weighted by atomic mass is 32.2. The van der Waals surface area contributed by atoms with E-state index < -0.39 is 28.1 Å². The first-order valence-electron chi connectivity index (χ1n) is 5.74. The van der Waals surface area contributed by atoms with E-state index in [0.29, 0.717) is 6.42 Å². The smallest absolute Gasteiger partial charge is 0.325 e. The number of carboxylic acid groups (broad SMARTS) is 1. The molecule has 0 radical (unpaired) electrons. The number of sulfonamides is 1. The fraction of sp³-hybridized carbons (Fsp3) is 0.600. The fourth-order valence-corrected chi connectivity index (χ4v) is 3.41. The van der Waals surface area contributed by atoms with Crippen molar-refractivity contribution in [2.75, 3.05) is 13.1 Å². The van der Waals surface area contributed by atoms with Gasteiger partial charge in [0, 0.05) is 19.3 Å². The number of β-amino-alcohol motifs (C(OH)–C–C–N with tert-alkyl or cyclic N) is 1. The number of aliphatic carboxylic acids is 1. The molecule has 0 atom stereocenters. The molecule has 1 aromatic heterocycles. The van der Waals surface area contributed by atoms with Gasteiger partial charge in [0.1, 0.15) is 11.4 Å². The Morgan fingerprint density at radius 3 is 2.68 bits per heavy atom. The van der Waals surface area contributed by atoms with E-state index in [9.17, 15) is 18.3 Å². The van der Waals surface area contributed by atoms with Crippen LogP contribution in [0, 0.1) is 0 Å². The van der Waals surface area contributed by atoms with Crippen molar-refractivity contribution in [1.82, 2.24) is 14.1 Å². The second kappa shape index (κ2) is 4.58. The molecule has 2 N–H and O–H groups in total. The van der Waals surface area contributed by atoms with E-state index in [1.165, 1.54) is 6.20 Å². The number of carbonyl (C=O) groups is 1. The van der Waals surface area contributed by atoms with E-state index in [4.69, 9.17) is 5.11 Å². The maximum atomic E-state index is 12.1. The molecule has 0 unspecified atom stereocenters. The van der Waals surface area contributed by atoms with Gasteiger partial charge in [-0.15, -0.1) is 0 Å². The van der Waals surface area contributed by atoms with Crippen LogP contribution in [0.25, 0.3) is 0 Å². The number of hydrogen-bond donors (Lipinski definition) is 2. The highest BCUT2D eigenvalue weighted by Gasteiger charge is 2.46. The van der Waals surface area contributed by atoms with Gasteiger partial charge in [-0.3, -0.25) is 9.48 Å². The number of aromatic nitrogens is 2. The zero-order valence-electron chi connectivity index (χ0n) is 10.4. The Morgan fingerprint density at radius 2 is 2.16 bits per heavy atom. The Hall–Kier alpha value is -1.45. The lowest BCUT2D eigenvalue weighted by Gasteiger charge is -2.44. The minimum atomic E-state index is -3.70. The summed E-state index contributed by atoms with van der Waals surface area (Å²) in [4.78, 5) is 10.4. The fourth-order valence-electron chi connectivity index (χ4n) is 1.86. The molecule has 0 saturated carbocycles. The predicted molar refractivity (Wildman–Crippen MR) is 63.9 cm³/mol. The van der Waals surface area contributed by atoms with Crippen molar-refractivity contribution in [3.8, 4) is 0 Å². The molecule has 0 aliphatic carbocycles. The largest absolute Gasteiger partial charge is 0.480 e. The van der Waals surface area contributed by atoms with Crippen LogP contribution in [0.4, 0.5) is 0 Å². The standard InChI is InChI=1S/C10H15N3O5S/c1-2-10(16)6-13(7-10)19(17,18)8-3-11-12(4-8)5-9(14)15/h3-4,16H,2,5-7H2,1H3,(H,14,15). The summed E-state index contributed by atoms with van der Waals surface area (Å²) < 4.78 is 26.5. The number of nitrogens with zero attached hydrogens (tertiary/aromatic N) is 3. The molecule has 1 aliphatic heterocycles. The van der Waals surface area contributed by atoms with Crippen molar-refractivity contribution in [1.29, 1.82) is 0 Å². The Bertz CT molecular complexity index is 588. The molecule has 1 aliphatic rings. The van der Waals surface area contributed by atoms with Gasteiger partial charge in [0.15, 0.2) is 0 Å². The van der Waals surface area contributed by atoms with Crippen molar-refractivity contribution in [3.05, 3.63) is 12.4 Å². The molecule has 0 amide bonds. The molecule has 2 rings (SSSR count). The molecule has 9 heteroatoms. The Morgan fingerprint density at radius 1 is 1.53 bits per heavy atom. The molecule has 1 fully saturated rings. The molecular weight excluding hydrogens is 274 g/mol. The summed E-state index contributed by atoms with van der Waals surface area (Å²) in [5.74, 6) is -1.10. The first-order valence-corrected chi connectivity index (χ1v) is 7.18. The van der Waals surface area contributed by atoms with Gasteiger partial charge in [0.25, 0.3) is 0 Å². The van der Waals surface area contributed by atoms with Gasteiger partial charge in [-0.25, -0.2) is 8.42 Å². The second-order valence-electron chi connectivity index (χ2n) is 4.62. The summed E-state index contributed by atoms with van der Waals surface area (Å²) in [5.41, 5.74) is -0.954. The second-order valence-corrected chi connectivity index (χ2v) is 6.56. The monoisotopic (exact) mass is 289 g/mol. The van der Waals surface area contributed by atoms with Crippen LogP contribution in [0.3, 0.4) is 0 Å². The molecule has 0 bridgehead atoms. The number of hydrogen-bond acceptors (Lipinski definition) is 5. The average Bonchev–Trinajstić information content (AvgIpc) is 2.72. The van der Waals surface area contributed by atoms with Crippen molar-refractivity contribution in [3.63, 3.8) is 0 Å². The van der Waals surface area contributed by atoms with Crippen LogP contribution in [-0.2, 0) is 21.4 Å². The van der Waals surface area contributed by atoms with Gasteiger partial charge >= 0.3 is 5.97 Å².